The van der Waals surface area contributed by atoms with Crippen molar-refractivity contribution in [3.05, 3.63) is 64.8 Å². The number of nitrogens with zero attached hydrogens (tertiary/aromatic N) is 2. The van der Waals surface area contributed by atoms with Crippen LogP contribution in [-0.2, 0) is 11.3 Å². The highest BCUT2D eigenvalue weighted by molar-refractivity contribution is 6.33. The molecule has 2 atom stereocenters. The second-order valence-electron chi connectivity index (χ2n) is 6.88. The van der Waals surface area contributed by atoms with Gasteiger partial charge in [-0.2, -0.15) is 0 Å². The summed E-state index contributed by atoms with van der Waals surface area (Å²) >= 11 is 12.6. The fraction of sp³-hybridized carbons (Fsp3) is 0.476. The first-order chi connectivity index (χ1) is 12.5. The van der Waals surface area contributed by atoms with E-state index >= 15 is 0 Å². The third-order valence-electron chi connectivity index (χ3n) is 4.27. The Morgan fingerprint density at radius 3 is 2.85 bits per heavy atom. The van der Waals surface area contributed by atoms with Crippen LogP contribution in [0, 0.1) is 0 Å². The van der Waals surface area contributed by atoms with Crippen LogP contribution in [0.2, 0.25) is 0 Å². The first-order valence-corrected chi connectivity index (χ1v) is 9.85. The van der Waals surface area contributed by atoms with Gasteiger partial charge in [-0.15, -0.1) is 11.6 Å². The maximum atomic E-state index is 6.43. The third kappa shape index (κ3) is 7.14. The van der Waals surface area contributed by atoms with E-state index in [9.17, 15) is 0 Å². The Kier molecular flexibility index (Phi) is 8.70. The van der Waals surface area contributed by atoms with Crippen LogP contribution >= 0.6 is 23.2 Å². The minimum absolute atomic E-state index is 0.0441. The van der Waals surface area contributed by atoms with E-state index in [1.165, 1.54) is 11.1 Å². The lowest BCUT2D eigenvalue weighted by Gasteiger charge is -2.24. The van der Waals surface area contributed by atoms with Crippen LogP contribution in [0.25, 0.3) is 0 Å². The molecule has 0 aliphatic heterocycles. The zero-order valence-corrected chi connectivity index (χ0v) is 17.3. The maximum Gasteiger partial charge on any atom is 0.102 e. The molecule has 26 heavy (non-hydrogen) atoms. The van der Waals surface area contributed by atoms with E-state index in [1.54, 1.807) is 12.5 Å². The molecule has 1 heterocycles. The second kappa shape index (κ2) is 10.8. The van der Waals surface area contributed by atoms with Gasteiger partial charge in [0.25, 0.3) is 0 Å². The summed E-state index contributed by atoms with van der Waals surface area (Å²) < 4.78 is 8.19. The number of alkyl halides is 1. The van der Waals surface area contributed by atoms with Gasteiger partial charge in [0.05, 0.1) is 24.9 Å². The molecule has 0 saturated carbocycles. The van der Waals surface area contributed by atoms with E-state index in [0.717, 1.165) is 24.8 Å². The van der Waals surface area contributed by atoms with Gasteiger partial charge in [-0.3, -0.25) is 0 Å². The van der Waals surface area contributed by atoms with Gasteiger partial charge in [0.15, 0.2) is 0 Å². The SMILES string of the molecule is CC(C)=CCC/C(C)=C/COC(Cn1ccnc1)C1=CCC(Cl)C=C1Cl. The minimum Gasteiger partial charge on any atom is -0.368 e. The Bertz CT molecular complexity index is 683. The van der Waals surface area contributed by atoms with Gasteiger partial charge in [-0.25, -0.2) is 4.98 Å². The molecule has 0 fully saturated rings. The van der Waals surface area contributed by atoms with Crippen molar-refractivity contribution in [3.8, 4) is 0 Å². The molecular formula is C21H28Cl2N2O. The Morgan fingerprint density at radius 1 is 1.38 bits per heavy atom. The largest absolute Gasteiger partial charge is 0.368 e. The van der Waals surface area contributed by atoms with Crippen molar-refractivity contribution >= 4 is 23.2 Å². The molecular weight excluding hydrogens is 367 g/mol. The normalized spacial score (nSPS) is 19.0. The first kappa shape index (κ1) is 21.0. The van der Waals surface area contributed by atoms with Crippen LogP contribution in [0.1, 0.15) is 40.0 Å². The molecule has 0 saturated heterocycles. The molecule has 5 heteroatoms. The summed E-state index contributed by atoms with van der Waals surface area (Å²) in [5.74, 6) is 0. The van der Waals surface area contributed by atoms with E-state index in [0.29, 0.717) is 18.2 Å². The quantitative estimate of drug-likeness (QED) is 0.378. The average Bonchev–Trinajstić information content (AvgIpc) is 3.07. The predicted molar refractivity (Wildman–Crippen MR) is 111 cm³/mol. The molecule has 0 N–H and O–H groups in total. The highest BCUT2D eigenvalue weighted by atomic mass is 35.5. The highest BCUT2D eigenvalue weighted by Gasteiger charge is 2.22. The monoisotopic (exact) mass is 394 g/mol. The topological polar surface area (TPSA) is 27.1 Å². The van der Waals surface area contributed by atoms with Crippen molar-refractivity contribution in [1.82, 2.24) is 9.55 Å². The summed E-state index contributed by atoms with van der Waals surface area (Å²) in [5, 5.41) is 0.642. The number of allylic oxidation sites excluding steroid dienone is 5. The molecule has 1 aromatic rings. The molecule has 2 unspecified atom stereocenters. The number of imidazole rings is 1. The molecule has 0 amide bonds. The van der Waals surface area contributed by atoms with Crippen molar-refractivity contribution in [3.63, 3.8) is 0 Å². The maximum absolute atomic E-state index is 6.43. The van der Waals surface area contributed by atoms with Crippen LogP contribution in [0.15, 0.2) is 64.8 Å². The number of halogens is 2. The van der Waals surface area contributed by atoms with Gasteiger partial charge in [0.2, 0.25) is 0 Å². The zero-order chi connectivity index (χ0) is 18.9. The van der Waals surface area contributed by atoms with Crippen LogP contribution in [0.5, 0.6) is 0 Å². The Balaban J connectivity index is 1.98. The molecule has 3 nitrogen and oxygen atoms in total. The van der Waals surface area contributed by atoms with Crippen molar-refractivity contribution in [2.45, 2.75) is 58.1 Å². The van der Waals surface area contributed by atoms with E-state index in [1.807, 2.05) is 16.8 Å². The number of hydrogen-bond acceptors (Lipinski definition) is 2. The number of hydrogen-bond donors (Lipinski definition) is 0. The van der Waals surface area contributed by atoms with Gasteiger partial charge in [0.1, 0.15) is 6.10 Å². The average molecular weight is 395 g/mol. The van der Waals surface area contributed by atoms with E-state index in [2.05, 4.69) is 44.0 Å². The van der Waals surface area contributed by atoms with Crippen molar-refractivity contribution < 1.29 is 4.74 Å². The molecule has 1 aromatic heterocycles. The van der Waals surface area contributed by atoms with Crippen molar-refractivity contribution in [2.24, 2.45) is 0 Å². The van der Waals surface area contributed by atoms with E-state index in [4.69, 9.17) is 27.9 Å². The smallest absolute Gasteiger partial charge is 0.102 e. The molecule has 0 aromatic carbocycles. The van der Waals surface area contributed by atoms with Gasteiger partial charge in [-0.05, 0) is 51.7 Å². The van der Waals surface area contributed by atoms with Crippen LogP contribution in [0.4, 0.5) is 0 Å². The first-order valence-electron chi connectivity index (χ1n) is 9.04. The molecule has 142 valence electrons. The minimum atomic E-state index is -0.126. The molecule has 0 radical (unpaired) electrons. The molecule has 1 aliphatic carbocycles. The summed E-state index contributed by atoms with van der Waals surface area (Å²) in [6, 6.07) is 0. The van der Waals surface area contributed by atoms with Crippen LogP contribution in [0.3, 0.4) is 0 Å². The Labute approximate surface area is 167 Å². The van der Waals surface area contributed by atoms with Gasteiger partial charge >= 0.3 is 0 Å². The molecule has 1 aliphatic rings. The summed E-state index contributed by atoms with van der Waals surface area (Å²) in [5.41, 5.74) is 3.70. The molecule has 0 spiro atoms. The highest BCUT2D eigenvalue weighted by Crippen LogP contribution is 2.29. The number of ether oxygens (including phenoxy) is 1. The lowest BCUT2D eigenvalue weighted by Crippen LogP contribution is -2.24. The standard InChI is InChI=1S/C21H28Cl2N2O/c1-16(2)5-4-6-17(3)9-12-26-21(14-25-11-10-24-15-25)19-8-7-18(22)13-20(19)23/h5,8-11,13,15,18,21H,4,6-7,12,14H2,1-3H3/b17-9+. The Hall–Kier alpha value is -1.29. The molecule has 0 bridgehead atoms. The number of rotatable bonds is 9. The molecule has 2 rings (SSSR count). The summed E-state index contributed by atoms with van der Waals surface area (Å²) in [4.78, 5) is 4.11. The summed E-state index contributed by atoms with van der Waals surface area (Å²) in [6.45, 7) is 7.64. The van der Waals surface area contributed by atoms with Crippen molar-refractivity contribution in [2.75, 3.05) is 6.61 Å². The van der Waals surface area contributed by atoms with Gasteiger partial charge in [0, 0.05) is 17.4 Å². The van der Waals surface area contributed by atoms with Gasteiger partial charge in [-0.1, -0.05) is 41.0 Å². The predicted octanol–water partition coefficient (Wildman–Crippen LogP) is 6.02. The Morgan fingerprint density at radius 2 is 2.19 bits per heavy atom. The van der Waals surface area contributed by atoms with Crippen LogP contribution < -0.4 is 0 Å². The summed E-state index contributed by atoms with van der Waals surface area (Å²) in [7, 11) is 0. The number of aromatic nitrogens is 2. The lowest BCUT2D eigenvalue weighted by atomic mass is 10.0. The third-order valence-corrected chi connectivity index (χ3v) is 4.92. The van der Waals surface area contributed by atoms with Crippen molar-refractivity contribution in [1.29, 1.82) is 0 Å². The van der Waals surface area contributed by atoms with E-state index in [-0.39, 0.29) is 11.5 Å². The second-order valence-corrected chi connectivity index (χ2v) is 7.85. The zero-order valence-electron chi connectivity index (χ0n) is 15.8. The van der Waals surface area contributed by atoms with E-state index < -0.39 is 0 Å². The lowest BCUT2D eigenvalue weighted by molar-refractivity contribution is 0.0887. The fourth-order valence-corrected chi connectivity index (χ4v) is 3.40. The summed E-state index contributed by atoms with van der Waals surface area (Å²) in [6.07, 6.45) is 16.7. The fourth-order valence-electron chi connectivity index (χ4n) is 2.77. The van der Waals surface area contributed by atoms with Crippen LogP contribution in [-0.4, -0.2) is 27.6 Å². The van der Waals surface area contributed by atoms with Gasteiger partial charge < -0.3 is 9.30 Å².